The first kappa shape index (κ1) is 22.8. The number of amides is 1. The van der Waals surface area contributed by atoms with Crippen LogP contribution in [0.3, 0.4) is 0 Å². The Kier molecular flexibility index (Phi) is 5.61. The van der Waals surface area contributed by atoms with Crippen LogP contribution in [0.4, 0.5) is 14.5 Å². The quantitative estimate of drug-likeness (QED) is 0.357. The number of nitrogens with one attached hydrogen (secondary N) is 1. The fraction of sp³-hybridized carbons (Fsp3) is 0.136. The summed E-state index contributed by atoms with van der Waals surface area (Å²) in [4.78, 5) is 18.6. The van der Waals surface area contributed by atoms with Crippen molar-refractivity contribution in [2.45, 2.75) is 24.5 Å². The lowest BCUT2D eigenvalue weighted by Gasteiger charge is -2.25. The van der Waals surface area contributed by atoms with E-state index >= 15 is 0 Å². The molecule has 34 heavy (non-hydrogen) atoms. The number of nitrogens with zero attached hydrogens (tertiary/aromatic N) is 3. The summed E-state index contributed by atoms with van der Waals surface area (Å²) in [5.74, 6) is -1.87. The van der Waals surface area contributed by atoms with Gasteiger partial charge in [-0.25, -0.2) is 13.8 Å². The summed E-state index contributed by atoms with van der Waals surface area (Å²) >= 11 is 4.49. The zero-order valence-electron chi connectivity index (χ0n) is 17.4. The summed E-state index contributed by atoms with van der Waals surface area (Å²) in [7, 11) is -4.11. The van der Waals surface area contributed by atoms with Crippen molar-refractivity contribution in [2.75, 3.05) is 4.72 Å². The fourth-order valence-corrected chi connectivity index (χ4v) is 6.37. The zero-order valence-corrected chi connectivity index (χ0v) is 20.6. The number of benzene rings is 2. The molecule has 1 amide bonds. The van der Waals surface area contributed by atoms with Crippen LogP contribution in [0.2, 0.25) is 0 Å². The SMILES string of the molecule is C[C@H](c1ccc(F)cc1F)N1Cc2c(NS(=O)(=O)c3nccc4sncc34)cc(Br)cc2C1=O. The van der Waals surface area contributed by atoms with Crippen LogP contribution >= 0.6 is 27.5 Å². The second-order valence-electron chi connectivity index (χ2n) is 7.71. The number of carbonyl (C=O) groups excluding carboxylic acids is 1. The van der Waals surface area contributed by atoms with Gasteiger partial charge in [0.05, 0.1) is 28.0 Å². The van der Waals surface area contributed by atoms with Crippen molar-refractivity contribution in [3.8, 4) is 0 Å². The highest BCUT2D eigenvalue weighted by Gasteiger charge is 2.35. The molecule has 7 nitrogen and oxygen atoms in total. The second-order valence-corrected chi connectivity index (χ2v) is 11.1. The molecule has 1 N–H and O–H groups in total. The Bertz CT molecular complexity index is 1580. The van der Waals surface area contributed by atoms with Crippen LogP contribution in [0.5, 0.6) is 0 Å². The number of hydrogen-bond acceptors (Lipinski definition) is 6. The van der Waals surface area contributed by atoms with Crippen LogP contribution in [0, 0.1) is 11.6 Å². The number of halogens is 3. The first-order chi connectivity index (χ1) is 16.2. The van der Waals surface area contributed by atoms with Crippen LogP contribution in [0.1, 0.15) is 34.5 Å². The zero-order chi connectivity index (χ0) is 24.2. The largest absolute Gasteiger partial charge is 0.327 e. The summed E-state index contributed by atoms with van der Waals surface area (Å²) in [6.07, 6.45) is 2.83. The molecule has 1 atom stereocenters. The third-order valence-electron chi connectivity index (χ3n) is 5.66. The molecule has 2 aromatic carbocycles. The third kappa shape index (κ3) is 3.85. The van der Waals surface area contributed by atoms with E-state index in [9.17, 15) is 22.0 Å². The maximum Gasteiger partial charge on any atom is 0.280 e. The van der Waals surface area contributed by atoms with Gasteiger partial charge in [0.15, 0.2) is 5.03 Å². The molecule has 12 heteroatoms. The first-order valence-electron chi connectivity index (χ1n) is 9.96. The molecule has 1 aliphatic heterocycles. The minimum Gasteiger partial charge on any atom is -0.327 e. The van der Waals surface area contributed by atoms with E-state index in [4.69, 9.17) is 0 Å². The summed E-state index contributed by atoms with van der Waals surface area (Å²) in [5, 5.41) is 0.222. The fourth-order valence-electron chi connectivity index (χ4n) is 3.99. The van der Waals surface area contributed by atoms with Gasteiger partial charge >= 0.3 is 0 Å². The van der Waals surface area contributed by atoms with Gasteiger partial charge < -0.3 is 4.90 Å². The van der Waals surface area contributed by atoms with Gasteiger partial charge in [-0.2, -0.15) is 12.8 Å². The molecule has 0 radical (unpaired) electrons. The molecule has 0 spiro atoms. The van der Waals surface area contributed by atoms with E-state index in [1.165, 1.54) is 23.4 Å². The molecule has 0 saturated heterocycles. The van der Waals surface area contributed by atoms with Crippen LogP contribution < -0.4 is 4.72 Å². The monoisotopic (exact) mass is 564 g/mol. The summed E-state index contributed by atoms with van der Waals surface area (Å²) in [6.45, 7) is 1.67. The Morgan fingerprint density at radius 2 is 2.00 bits per heavy atom. The van der Waals surface area contributed by atoms with E-state index in [0.29, 0.717) is 20.1 Å². The van der Waals surface area contributed by atoms with Crippen LogP contribution in [0.15, 0.2) is 58.3 Å². The molecule has 5 rings (SSSR count). The first-order valence-corrected chi connectivity index (χ1v) is 13.0. The van der Waals surface area contributed by atoms with Gasteiger partial charge in [0, 0.05) is 40.0 Å². The predicted molar refractivity (Wildman–Crippen MR) is 127 cm³/mol. The minimum absolute atomic E-state index is 0.0366. The molecule has 3 heterocycles. The smallest absolute Gasteiger partial charge is 0.280 e. The molecular formula is C22H15BrF2N4O3S2. The number of anilines is 1. The third-order valence-corrected chi connectivity index (χ3v) is 8.20. The van der Waals surface area contributed by atoms with Crippen molar-refractivity contribution in [2.24, 2.45) is 0 Å². The number of pyridine rings is 1. The van der Waals surface area contributed by atoms with E-state index in [1.54, 1.807) is 25.1 Å². The number of aromatic nitrogens is 2. The van der Waals surface area contributed by atoms with Crippen molar-refractivity contribution in [3.63, 3.8) is 0 Å². The number of sulfonamides is 1. The van der Waals surface area contributed by atoms with Crippen molar-refractivity contribution in [1.29, 1.82) is 0 Å². The lowest BCUT2D eigenvalue weighted by atomic mass is 10.1. The molecule has 0 fully saturated rings. The molecular weight excluding hydrogens is 550 g/mol. The average Bonchev–Trinajstić information content (AvgIpc) is 3.38. The number of rotatable bonds is 5. The topological polar surface area (TPSA) is 92.3 Å². The Morgan fingerprint density at radius 3 is 2.76 bits per heavy atom. The molecule has 0 saturated carbocycles. The van der Waals surface area contributed by atoms with Gasteiger partial charge in [-0.1, -0.05) is 22.0 Å². The molecule has 174 valence electrons. The molecule has 0 unspecified atom stereocenters. The highest BCUT2D eigenvalue weighted by atomic mass is 79.9. The average molecular weight is 565 g/mol. The van der Waals surface area contributed by atoms with E-state index in [-0.39, 0.29) is 28.4 Å². The van der Waals surface area contributed by atoms with Crippen LogP contribution in [0.25, 0.3) is 10.1 Å². The van der Waals surface area contributed by atoms with Crippen LogP contribution in [-0.2, 0) is 16.6 Å². The lowest BCUT2D eigenvalue weighted by molar-refractivity contribution is 0.0713. The second kappa shape index (κ2) is 8.36. The maximum absolute atomic E-state index is 14.4. The number of hydrogen-bond donors (Lipinski definition) is 1. The summed E-state index contributed by atoms with van der Waals surface area (Å²) < 4.78 is 61.9. The Balaban J connectivity index is 1.52. The predicted octanol–water partition coefficient (Wildman–Crippen LogP) is 5.25. The normalized spacial score (nSPS) is 14.5. The van der Waals surface area contributed by atoms with Crippen LogP contribution in [-0.4, -0.2) is 28.6 Å². The van der Waals surface area contributed by atoms with E-state index in [2.05, 4.69) is 30.0 Å². The van der Waals surface area contributed by atoms with Crippen molar-refractivity contribution >= 4 is 59.2 Å². The molecule has 0 bridgehead atoms. The van der Waals surface area contributed by atoms with Gasteiger partial charge in [0.2, 0.25) is 0 Å². The van der Waals surface area contributed by atoms with Gasteiger partial charge in [-0.3, -0.25) is 9.52 Å². The van der Waals surface area contributed by atoms with Gasteiger partial charge in [-0.15, -0.1) is 0 Å². The lowest BCUT2D eigenvalue weighted by Crippen LogP contribution is -2.28. The number of carbonyl (C=O) groups is 1. The molecule has 4 aromatic rings. The summed E-state index contributed by atoms with van der Waals surface area (Å²) in [6, 6.07) is 7.31. The van der Waals surface area contributed by atoms with Gasteiger partial charge in [-0.05, 0) is 42.7 Å². The van der Waals surface area contributed by atoms with Crippen molar-refractivity contribution in [1.82, 2.24) is 14.3 Å². The standard InChI is InChI=1S/C22H15BrF2N4O3S2/c1-11(14-3-2-13(24)8-18(14)25)29-10-17-15(22(29)30)6-12(23)7-19(17)28-34(31,32)21-16-9-27-33-20(16)4-5-26-21/h2-9,11,28H,10H2,1H3/t11-/m1/s1. The van der Waals surface area contributed by atoms with E-state index < -0.39 is 33.6 Å². The van der Waals surface area contributed by atoms with Crippen molar-refractivity contribution in [3.05, 3.63) is 81.6 Å². The minimum atomic E-state index is -4.11. The van der Waals surface area contributed by atoms with E-state index in [1.807, 2.05) is 0 Å². The number of fused-ring (bicyclic) bond motifs is 2. The van der Waals surface area contributed by atoms with Crippen molar-refractivity contribution < 1.29 is 22.0 Å². The highest BCUT2D eigenvalue weighted by Crippen LogP contribution is 2.38. The van der Waals surface area contributed by atoms with Gasteiger partial charge in [0.1, 0.15) is 11.6 Å². The summed E-state index contributed by atoms with van der Waals surface area (Å²) in [5.41, 5.74) is 1.09. The molecule has 0 aliphatic carbocycles. The Hall–Kier alpha value is -2.96. The Labute approximate surface area is 205 Å². The highest BCUT2D eigenvalue weighted by molar-refractivity contribution is 9.10. The molecule has 1 aliphatic rings. The molecule has 2 aromatic heterocycles. The van der Waals surface area contributed by atoms with E-state index in [0.717, 1.165) is 23.7 Å². The van der Waals surface area contributed by atoms with Gasteiger partial charge in [0.25, 0.3) is 15.9 Å². The maximum atomic E-state index is 14.4. The Morgan fingerprint density at radius 1 is 1.21 bits per heavy atom.